The van der Waals surface area contributed by atoms with E-state index in [4.69, 9.17) is 28.9 Å². The van der Waals surface area contributed by atoms with Crippen LogP contribution in [0.25, 0.3) is 10.9 Å². The predicted molar refractivity (Wildman–Crippen MR) is 82.5 cm³/mol. The number of fused-ring (bicyclic) bond motifs is 1. The van der Waals surface area contributed by atoms with E-state index in [1.54, 1.807) is 30.5 Å². The molecule has 0 atom stereocenters. The molecule has 3 rings (SSSR count). The van der Waals surface area contributed by atoms with Crippen molar-refractivity contribution in [3.63, 3.8) is 0 Å². The fraction of sp³-hybridized carbons (Fsp3) is 0. The molecule has 0 aliphatic rings. The van der Waals surface area contributed by atoms with E-state index in [0.717, 1.165) is 11.5 Å². The summed E-state index contributed by atoms with van der Waals surface area (Å²) in [6, 6.07) is 9.22. The second-order valence-electron chi connectivity index (χ2n) is 4.56. The largest absolute Gasteiger partial charge is 0.399 e. The molecule has 1 aromatic heterocycles. The third-order valence-corrected chi connectivity index (χ3v) is 3.78. The van der Waals surface area contributed by atoms with Gasteiger partial charge in [0.05, 0.1) is 21.1 Å². The lowest BCUT2D eigenvalue weighted by Gasteiger charge is -2.07. The first-order valence-corrected chi connectivity index (χ1v) is 6.79. The summed E-state index contributed by atoms with van der Waals surface area (Å²) in [5.41, 5.74) is 7.14. The Bertz CT molecular complexity index is 873. The number of carbonyl (C=O) groups excluding carboxylic acids is 1. The third-order valence-electron chi connectivity index (χ3n) is 3.17. The van der Waals surface area contributed by atoms with Crippen LogP contribution in [0.15, 0.2) is 42.6 Å². The Hall–Kier alpha value is -2.04. The molecule has 2 N–H and O–H groups in total. The van der Waals surface area contributed by atoms with Crippen LogP contribution in [-0.4, -0.2) is 10.5 Å². The van der Waals surface area contributed by atoms with Crippen LogP contribution in [0.2, 0.25) is 10.0 Å². The Morgan fingerprint density at radius 2 is 1.86 bits per heavy atom. The lowest BCUT2D eigenvalue weighted by molar-refractivity contribution is 0.0965. The second-order valence-corrected chi connectivity index (χ2v) is 5.37. The molecule has 21 heavy (non-hydrogen) atoms. The highest BCUT2D eigenvalue weighted by Gasteiger charge is 2.17. The molecule has 3 nitrogen and oxygen atoms in total. The van der Waals surface area contributed by atoms with Gasteiger partial charge in [0.2, 0.25) is 0 Å². The molecule has 0 fully saturated rings. The van der Waals surface area contributed by atoms with Crippen LogP contribution in [0.1, 0.15) is 10.4 Å². The SMILES string of the molecule is Nc1ccc2c(ccn2C(=O)c2cc(Cl)c(F)cc2Cl)c1. The van der Waals surface area contributed by atoms with E-state index in [9.17, 15) is 9.18 Å². The Morgan fingerprint density at radius 3 is 2.62 bits per heavy atom. The number of halogens is 3. The van der Waals surface area contributed by atoms with Crippen molar-refractivity contribution in [2.45, 2.75) is 0 Å². The quantitative estimate of drug-likeness (QED) is 0.534. The maximum Gasteiger partial charge on any atom is 0.263 e. The molecule has 0 radical (unpaired) electrons. The number of anilines is 1. The number of carbonyl (C=O) groups is 1. The van der Waals surface area contributed by atoms with Crippen molar-refractivity contribution in [3.05, 3.63) is 64.0 Å². The van der Waals surface area contributed by atoms with E-state index in [1.807, 2.05) is 0 Å². The summed E-state index contributed by atoms with van der Waals surface area (Å²) in [4.78, 5) is 12.6. The van der Waals surface area contributed by atoms with Gasteiger partial charge in [-0.2, -0.15) is 0 Å². The standard InChI is InChI=1S/C15H9Cl2FN2O/c16-11-7-13(18)12(17)6-10(11)15(21)20-4-3-8-5-9(19)1-2-14(8)20/h1-7H,19H2. The Labute approximate surface area is 129 Å². The summed E-state index contributed by atoms with van der Waals surface area (Å²) in [6.07, 6.45) is 1.61. The Kier molecular flexibility index (Phi) is 3.35. The van der Waals surface area contributed by atoms with Gasteiger partial charge in [-0.15, -0.1) is 0 Å². The first-order valence-electron chi connectivity index (χ1n) is 6.03. The number of nitrogens with two attached hydrogens (primary N) is 1. The highest BCUT2D eigenvalue weighted by atomic mass is 35.5. The molecule has 2 aromatic carbocycles. The minimum Gasteiger partial charge on any atom is -0.399 e. The van der Waals surface area contributed by atoms with E-state index in [-0.39, 0.29) is 21.5 Å². The van der Waals surface area contributed by atoms with Crippen LogP contribution in [0.4, 0.5) is 10.1 Å². The third kappa shape index (κ3) is 2.37. The molecule has 0 aliphatic carbocycles. The van der Waals surface area contributed by atoms with Crippen molar-refractivity contribution in [1.82, 2.24) is 4.57 Å². The summed E-state index contributed by atoms with van der Waals surface area (Å²) in [7, 11) is 0. The van der Waals surface area contributed by atoms with Gasteiger partial charge in [-0.1, -0.05) is 23.2 Å². The minimum absolute atomic E-state index is 0.0131. The van der Waals surface area contributed by atoms with Crippen molar-refractivity contribution in [1.29, 1.82) is 0 Å². The van der Waals surface area contributed by atoms with Gasteiger partial charge in [0.1, 0.15) is 5.82 Å². The summed E-state index contributed by atoms with van der Waals surface area (Å²) in [5.74, 6) is -1.05. The molecule has 0 amide bonds. The zero-order valence-electron chi connectivity index (χ0n) is 10.6. The van der Waals surface area contributed by atoms with Gasteiger partial charge in [0.25, 0.3) is 5.91 Å². The lowest BCUT2D eigenvalue weighted by Crippen LogP contribution is -2.11. The van der Waals surface area contributed by atoms with E-state index in [0.29, 0.717) is 11.2 Å². The van der Waals surface area contributed by atoms with E-state index in [1.165, 1.54) is 10.6 Å². The molecule has 1 heterocycles. The van der Waals surface area contributed by atoms with Crippen molar-refractivity contribution >= 4 is 45.7 Å². The van der Waals surface area contributed by atoms with E-state index < -0.39 is 5.82 Å². The van der Waals surface area contributed by atoms with Crippen LogP contribution in [0.3, 0.4) is 0 Å². The van der Waals surface area contributed by atoms with Crippen LogP contribution >= 0.6 is 23.2 Å². The number of nitrogens with zero attached hydrogens (tertiary/aromatic N) is 1. The fourth-order valence-electron chi connectivity index (χ4n) is 2.15. The molecule has 0 unspecified atom stereocenters. The zero-order valence-corrected chi connectivity index (χ0v) is 12.1. The smallest absolute Gasteiger partial charge is 0.263 e. The summed E-state index contributed by atoms with van der Waals surface area (Å²) < 4.78 is 14.7. The van der Waals surface area contributed by atoms with E-state index >= 15 is 0 Å². The number of nitrogen functional groups attached to an aromatic ring is 1. The minimum atomic E-state index is -0.664. The molecule has 106 valence electrons. The average Bonchev–Trinajstić information content (AvgIpc) is 2.85. The van der Waals surface area contributed by atoms with Crippen molar-refractivity contribution in [2.24, 2.45) is 0 Å². The molecule has 0 bridgehead atoms. The highest BCUT2D eigenvalue weighted by Crippen LogP contribution is 2.27. The summed E-state index contributed by atoms with van der Waals surface area (Å²) in [5, 5.41) is 0.690. The van der Waals surface area contributed by atoms with Crippen molar-refractivity contribution in [3.8, 4) is 0 Å². The molecule has 6 heteroatoms. The van der Waals surface area contributed by atoms with Gasteiger partial charge in [0.15, 0.2) is 0 Å². The Morgan fingerprint density at radius 1 is 1.10 bits per heavy atom. The first kappa shape index (κ1) is 13.9. The molecule has 0 saturated heterocycles. The normalized spacial score (nSPS) is 11.0. The van der Waals surface area contributed by atoms with Gasteiger partial charge in [-0.25, -0.2) is 4.39 Å². The van der Waals surface area contributed by atoms with Crippen molar-refractivity contribution in [2.75, 3.05) is 5.73 Å². The number of benzene rings is 2. The zero-order chi connectivity index (χ0) is 15.1. The van der Waals surface area contributed by atoms with Crippen LogP contribution in [0.5, 0.6) is 0 Å². The summed E-state index contributed by atoms with van der Waals surface area (Å²) >= 11 is 11.7. The van der Waals surface area contributed by atoms with Crippen molar-refractivity contribution < 1.29 is 9.18 Å². The first-order chi connectivity index (χ1) is 9.97. The monoisotopic (exact) mass is 322 g/mol. The summed E-state index contributed by atoms with van der Waals surface area (Å²) in [6.45, 7) is 0. The fourth-order valence-corrected chi connectivity index (χ4v) is 2.55. The molecule has 0 spiro atoms. The van der Waals surface area contributed by atoms with Gasteiger partial charge < -0.3 is 5.73 Å². The molecule has 3 aromatic rings. The van der Waals surface area contributed by atoms with Crippen LogP contribution in [-0.2, 0) is 0 Å². The molecular weight excluding hydrogens is 314 g/mol. The second kappa shape index (κ2) is 5.06. The van der Waals surface area contributed by atoms with Gasteiger partial charge in [0, 0.05) is 17.3 Å². The van der Waals surface area contributed by atoms with Gasteiger partial charge in [-0.3, -0.25) is 9.36 Å². The van der Waals surface area contributed by atoms with Crippen LogP contribution in [0, 0.1) is 5.82 Å². The Balaban J connectivity index is 2.15. The van der Waals surface area contributed by atoms with Crippen LogP contribution < -0.4 is 5.73 Å². The maximum atomic E-state index is 13.3. The van der Waals surface area contributed by atoms with Gasteiger partial charge >= 0.3 is 0 Å². The number of hydrogen-bond donors (Lipinski definition) is 1. The number of aromatic nitrogens is 1. The maximum absolute atomic E-state index is 13.3. The molecule has 0 saturated carbocycles. The van der Waals surface area contributed by atoms with Gasteiger partial charge in [-0.05, 0) is 36.4 Å². The molecule has 0 aliphatic heterocycles. The van der Waals surface area contributed by atoms with E-state index in [2.05, 4.69) is 0 Å². The average molecular weight is 323 g/mol. The topological polar surface area (TPSA) is 48.0 Å². The predicted octanol–water partition coefficient (Wildman–Crippen LogP) is 4.36. The highest BCUT2D eigenvalue weighted by molar-refractivity contribution is 6.36. The number of rotatable bonds is 1. The number of hydrogen-bond acceptors (Lipinski definition) is 2. The lowest BCUT2D eigenvalue weighted by atomic mass is 10.2. The molecular formula is C15H9Cl2FN2O.